The summed E-state index contributed by atoms with van der Waals surface area (Å²) in [7, 11) is 0. The average Bonchev–Trinajstić information content (AvgIpc) is 2.29. The van der Waals surface area contributed by atoms with Gasteiger partial charge in [0.05, 0.1) is 0 Å². The first-order valence-corrected chi connectivity index (χ1v) is 5.39. The number of nitrogen functional groups attached to an aromatic ring is 1. The van der Waals surface area contributed by atoms with Gasteiger partial charge >= 0.3 is 0 Å². The number of hydrogen-bond donors (Lipinski definition) is 3. The number of nitrogens with one attached hydrogen (secondary N) is 2. The molecule has 0 aliphatic heterocycles. The van der Waals surface area contributed by atoms with Crippen molar-refractivity contribution in [2.75, 3.05) is 17.3 Å². The summed E-state index contributed by atoms with van der Waals surface area (Å²) in [5.74, 6) is 6.69. The maximum atomic E-state index is 5.25. The van der Waals surface area contributed by atoms with E-state index in [4.69, 9.17) is 5.84 Å². The number of aromatic nitrogens is 2. The Bertz CT molecular complexity index is 276. The SMILES string of the molecule is CCCCCCNc1cc(NN)ncn1. The summed E-state index contributed by atoms with van der Waals surface area (Å²) in [5.41, 5.74) is 2.49. The molecule has 1 aromatic heterocycles. The van der Waals surface area contributed by atoms with Crippen molar-refractivity contribution in [3.8, 4) is 0 Å². The van der Waals surface area contributed by atoms with E-state index in [0.717, 1.165) is 12.4 Å². The van der Waals surface area contributed by atoms with Crippen LogP contribution in [0.25, 0.3) is 0 Å². The van der Waals surface area contributed by atoms with E-state index in [0.29, 0.717) is 5.82 Å². The summed E-state index contributed by atoms with van der Waals surface area (Å²) >= 11 is 0. The molecule has 0 aliphatic rings. The Labute approximate surface area is 90.5 Å². The van der Waals surface area contributed by atoms with Crippen molar-refractivity contribution in [3.05, 3.63) is 12.4 Å². The van der Waals surface area contributed by atoms with Gasteiger partial charge in [-0.25, -0.2) is 15.8 Å². The van der Waals surface area contributed by atoms with Gasteiger partial charge in [0, 0.05) is 12.6 Å². The van der Waals surface area contributed by atoms with Gasteiger partial charge in [0.2, 0.25) is 0 Å². The van der Waals surface area contributed by atoms with E-state index < -0.39 is 0 Å². The molecule has 4 N–H and O–H groups in total. The molecule has 0 unspecified atom stereocenters. The zero-order valence-electron chi connectivity index (χ0n) is 9.16. The van der Waals surface area contributed by atoms with Crippen LogP contribution in [0.1, 0.15) is 32.6 Å². The summed E-state index contributed by atoms with van der Waals surface area (Å²) in [6.45, 7) is 3.15. The van der Waals surface area contributed by atoms with Crippen LogP contribution in [0, 0.1) is 0 Å². The van der Waals surface area contributed by atoms with Crippen molar-refractivity contribution in [1.82, 2.24) is 9.97 Å². The number of rotatable bonds is 7. The summed E-state index contributed by atoms with van der Waals surface area (Å²) in [6, 6.07) is 1.79. The Morgan fingerprint density at radius 2 is 2.00 bits per heavy atom. The highest BCUT2D eigenvalue weighted by molar-refractivity contribution is 5.45. The molecule has 1 rings (SSSR count). The Morgan fingerprint density at radius 1 is 1.20 bits per heavy atom. The second kappa shape index (κ2) is 7.00. The predicted molar refractivity (Wildman–Crippen MR) is 62.5 cm³/mol. The number of nitrogens with two attached hydrogens (primary N) is 1. The first-order valence-electron chi connectivity index (χ1n) is 5.39. The first kappa shape index (κ1) is 11.7. The third-order valence-corrected chi connectivity index (χ3v) is 2.15. The molecule has 0 aromatic carbocycles. The summed E-state index contributed by atoms with van der Waals surface area (Å²) in [5, 5.41) is 3.23. The number of hydrazine groups is 1. The third-order valence-electron chi connectivity index (χ3n) is 2.15. The van der Waals surface area contributed by atoms with Gasteiger partial charge in [0.15, 0.2) is 0 Å². The standard InChI is InChI=1S/C10H19N5/c1-2-3-4-5-6-12-9-7-10(15-11)14-8-13-9/h7-8H,2-6,11H2,1H3,(H2,12,13,14,15). The quantitative estimate of drug-likeness (QED) is 0.362. The molecule has 5 heteroatoms. The number of unbranched alkanes of at least 4 members (excludes halogenated alkanes) is 3. The van der Waals surface area contributed by atoms with Gasteiger partial charge in [-0.05, 0) is 6.42 Å². The topological polar surface area (TPSA) is 75.9 Å². The summed E-state index contributed by atoms with van der Waals surface area (Å²) in [4.78, 5) is 8.02. The molecular weight excluding hydrogens is 190 g/mol. The van der Waals surface area contributed by atoms with E-state index in [1.807, 2.05) is 0 Å². The Hall–Kier alpha value is -1.36. The van der Waals surface area contributed by atoms with Gasteiger partial charge in [-0.3, -0.25) is 0 Å². The molecule has 5 nitrogen and oxygen atoms in total. The van der Waals surface area contributed by atoms with Crippen molar-refractivity contribution in [3.63, 3.8) is 0 Å². The lowest BCUT2D eigenvalue weighted by Crippen LogP contribution is -2.10. The molecule has 0 bridgehead atoms. The van der Waals surface area contributed by atoms with E-state index in [-0.39, 0.29) is 0 Å². The normalized spacial score (nSPS) is 10.0. The largest absolute Gasteiger partial charge is 0.370 e. The smallest absolute Gasteiger partial charge is 0.145 e. The van der Waals surface area contributed by atoms with Crippen molar-refractivity contribution in [1.29, 1.82) is 0 Å². The first-order chi connectivity index (χ1) is 7.36. The van der Waals surface area contributed by atoms with Crippen LogP contribution in [-0.2, 0) is 0 Å². The van der Waals surface area contributed by atoms with Gasteiger partial charge < -0.3 is 10.7 Å². The number of hydrogen-bond acceptors (Lipinski definition) is 5. The Balaban J connectivity index is 2.24. The monoisotopic (exact) mass is 209 g/mol. The van der Waals surface area contributed by atoms with Gasteiger partial charge in [-0.2, -0.15) is 0 Å². The van der Waals surface area contributed by atoms with Crippen molar-refractivity contribution < 1.29 is 0 Å². The zero-order chi connectivity index (χ0) is 10.9. The van der Waals surface area contributed by atoms with Crippen molar-refractivity contribution in [2.24, 2.45) is 5.84 Å². The van der Waals surface area contributed by atoms with E-state index in [2.05, 4.69) is 27.6 Å². The molecule has 0 saturated carbocycles. The van der Waals surface area contributed by atoms with Gasteiger partial charge in [0.1, 0.15) is 18.0 Å². The molecule has 1 heterocycles. The lowest BCUT2D eigenvalue weighted by Gasteiger charge is -2.05. The van der Waals surface area contributed by atoms with Crippen LogP contribution in [0.5, 0.6) is 0 Å². The van der Waals surface area contributed by atoms with E-state index >= 15 is 0 Å². The van der Waals surface area contributed by atoms with Crippen LogP contribution < -0.4 is 16.6 Å². The third kappa shape index (κ3) is 4.60. The average molecular weight is 209 g/mol. The van der Waals surface area contributed by atoms with Crippen molar-refractivity contribution >= 4 is 11.6 Å². The van der Waals surface area contributed by atoms with Crippen LogP contribution in [-0.4, -0.2) is 16.5 Å². The van der Waals surface area contributed by atoms with E-state index in [9.17, 15) is 0 Å². The fourth-order valence-electron chi connectivity index (χ4n) is 1.30. The van der Waals surface area contributed by atoms with Gasteiger partial charge in [0.25, 0.3) is 0 Å². The summed E-state index contributed by atoms with van der Waals surface area (Å²) < 4.78 is 0. The molecule has 0 fully saturated rings. The molecule has 0 saturated heterocycles. The molecule has 0 atom stereocenters. The van der Waals surface area contributed by atoms with Crippen LogP contribution in [0.2, 0.25) is 0 Å². The molecule has 0 amide bonds. The lowest BCUT2D eigenvalue weighted by atomic mass is 10.2. The molecule has 84 valence electrons. The fourth-order valence-corrected chi connectivity index (χ4v) is 1.30. The second-order valence-corrected chi connectivity index (χ2v) is 3.42. The molecule has 1 aromatic rings. The van der Waals surface area contributed by atoms with Crippen LogP contribution >= 0.6 is 0 Å². The van der Waals surface area contributed by atoms with Crippen LogP contribution in [0.15, 0.2) is 12.4 Å². The van der Waals surface area contributed by atoms with Gasteiger partial charge in [-0.15, -0.1) is 0 Å². The Morgan fingerprint density at radius 3 is 2.73 bits per heavy atom. The van der Waals surface area contributed by atoms with Gasteiger partial charge in [-0.1, -0.05) is 26.2 Å². The highest BCUT2D eigenvalue weighted by Crippen LogP contribution is 2.07. The predicted octanol–water partition coefficient (Wildman–Crippen LogP) is 1.75. The Kier molecular flexibility index (Phi) is 5.47. The summed E-state index contributed by atoms with van der Waals surface area (Å²) in [6.07, 6.45) is 6.47. The molecule has 0 spiro atoms. The molecule has 15 heavy (non-hydrogen) atoms. The van der Waals surface area contributed by atoms with E-state index in [1.165, 1.54) is 32.0 Å². The van der Waals surface area contributed by atoms with Crippen LogP contribution in [0.3, 0.4) is 0 Å². The minimum atomic E-state index is 0.626. The lowest BCUT2D eigenvalue weighted by molar-refractivity contribution is 0.684. The minimum absolute atomic E-state index is 0.626. The molecule has 0 radical (unpaired) electrons. The number of anilines is 2. The second-order valence-electron chi connectivity index (χ2n) is 3.42. The highest BCUT2D eigenvalue weighted by Gasteiger charge is 1.95. The molecule has 0 aliphatic carbocycles. The molecular formula is C10H19N5. The van der Waals surface area contributed by atoms with Crippen LogP contribution in [0.4, 0.5) is 11.6 Å². The minimum Gasteiger partial charge on any atom is -0.370 e. The fraction of sp³-hybridized carbons (Fsp3) is 0.600. The number of nitrogens with zero attached hydrogens (tertiary/aromatic N) is 2. The maximum absolute atomic E-state index is 5.25. The zero-order valence-corrected chi connectivity index (χ0v) is 9.16. The van der Waals surface area contributed by atoms with Crippen molar-refractivity contribution in [2.45, 2.75) is 32.6 Å². The van der Waals surface area contributed by atoms with E-state index in [1.54, 1.807) is 6.07 Å². The highest BCUT2D eigenvalue weighted by atomic mass is 15.3. The maximum Gasteiger partial charge on any atom is 0.145 e.